The topological polar surface area (TPSA) is 85.8 Å². The molecule has 0 unspecified atom stereocenters. The van der Waals surface area contributed by atoms with Crippen molar-refractivity contribution in [3.8, 4) is 0 Å². The van der Waals surface area contributed by atoms with Gasteiger partial charge in [-0.1, -0.05) is 44.7 Å². The maximum atomic E-state index is 12.0. The van der Waals surface area contributed by atoms with E-state index in [9.17, 15) is 4.79 Å². The number of anilines is 1. The van der Waals surface area contributed by atoms with E-state index in [0.29, 0.717) is 11.0 Å². The quantitative estimate of drug-likeness (QED) is 0.631. The molecule has 0 aliphatic rings. The summed E-state index contributed by atoms with van der Waals surface area (Å²) in [5, 5.41) is 11.4. The molecule has 0 saturated heterocycles. The second-order valence-corrected chi connectivity index (χ2v) is 6.20. The second kappa shape index (κ2) is 7.31. The van der Waals surface area contributed by atoms with Gasteiger partial charge in [-0.3, -0.25) is 4.79 Å². The summed E-state index contributed by atoms with van der Waals surface area (Å²) in [7, 11) is 0. The molecular weight excluding hydrogens is 298 g/mol. The zero-order valence-electron chi connectivity index (χ0n) is 13.0. The van der Waals surface area contributed by atoms with Gasteiger partial charge in [-0.25, -0.2) is 4.68 Å². The van der Waals surface area contributed by atoms with Crippen LogP contribution in [-0.2, 0) is 11.2 Å². The molecule has 0 aliphatic heterocycles. The third kappa shape index (κ3) is 4.00. The predicted molar refractivity (Wildman–Crippen MR) is 89.4 cm³/mol. The van der Waals surface area contributed by atoms with Crippen LogP contribution in [0.3, 0.4) is 0 Å². The first-order valence-corrected chi connectivity index (χ1v) is 8.21. The molecule has 1 amide bonds. The highest BCUT2D eigenvalue weighted by atomic mass is 32.2. The molecule has 0 bridgehead atoms. The Morgan fingerprint density at radius 3 is 2.55 bits per heavy atom. The summed E-state index contributed by atoms with van der Waals surface area (Å²) in [6.45, 7) is 6.08. The highest BCUT2D eigenvalue weighted by Crippen LogP contribution is 2.19. The number of nitrogen functional groups attached to an aromatic ring is 1. The number of nitrogens with two attached hydrogens (primary N) is 1. The number of carbonyl (C=O) groups excluding carboxylic acids is 1. The Morgan fingerprint density at radius 1 is 1.32 bits per heavy atom. The van der Waals surface area contributed by atoms with Crippen molar-refractivity contribution in [3.05, 3.63) is 35.7 Å². The van der Waals surface area contributed by atoms with Crippen LogP contribution < -0.4 is 11.2 Å². The lowest BCUT2D eigenvalue weighted by atomic mass is 10.1. The summed E-state index contributed by atoms with van der Waals surface area (Å²) in [6, 6.07) is 7.83. The molecule has 1 aromatic carbocycles. The number of hydrogen-bond donors (Lipinski definition) is 2. The largest absolute Gasteiger partial charge is 0.336 e. The molecule has 0 saturated carbocycles. The molecule has 6 nitrogen and oxygen atoms in total. The highest BCUT2D eigenvalue weighted by Gasteiger charge is 2.14. The van der Waals surface area contributed by atoms with Crippen molar-refractivity contribution in [2.24, 2.45) is 0 Å². The zero-order chi connectivity index (χ0) is 16.1. The van der Waals surface area contributed by atoms with E-state index in [4.69, 9.17) is 5.84 Å². The summed E-state index contributed by atoms with van der Waals surface area (Å²) in [4.78, 5) is 12.0. The lowest BCUT2D eigenvalue weighted by Gasteiger charge is -2.07. The minimum atomic E-state index is -0.0941. The number of nitrogens with zero attached hydrogens (tertiary/aromatic N) is 3. The first-order valence-electron chi connectivity index (χ1n) is 7.23. The molecular formula is C15H21N5OS. The van der Waals surface area contributed by atoms with Gasteiger partial charge in [0.1, 0.15) is 0 Å². The lowest BCUT2D eigenvalue weighted by Crippen LogP contribution is -2.17. The molecule has 118 valence electrons. The van der Waals surface area contributed by atoms with E-state index < -0.39 is 0 Å². The van der Waals surface area contributed by atoms with Crippen LogP contribution in [0.25, 0.3) is 0 Å². The summed E-state index contributed by atoms with van der Waals surface area (Å²) in [6.07, 6.45) is 0.981. The van der Waals surface area contributed by atoms with Gasteiger partial charge in [-0.15, -0.1) is 10.2 Å². The maximum absolute atomic E-state index is 12.0. The lowest BCUT2D eigenvalue weighted by molar-refractivity contribution is -0.113. The Balaban J connectivity index is 1.89. The van der Waals surface area contributed by atoms with E-state index in [2.05, 4.69) is 22.4 Å². The molecule has 22 heavy (non-hydrogen) atoms. The van der Waals surface area contributed by atoms with Crippen LogP contribution in [0.15, 0.2) is 29.4 Å². The van der Waals surface area contributed by atoms with E-state index in [1.54, 1.807) is 0 Å². The molecule has 3 N–H and O–H groups in total. The average Bonchev–Trinajstić information content (AvgIpc) is 2.87. The standard InChI is InChI=1S/C15H21N5OS/c1-4-11-5-7-12(8-6-11)17-13(21)9-22-15-19-18-14(10(2)3)20(15)16/h5-8,10H,4,9,16H2,1-3H3,(H,17,21). The third-order valence-electron chi connectivity index (χ3n) is 3.19. The van der Waals surface area contributed by atoms with Crippen molar-refractivity contribution in [1.29, 1.82) is 0 Å². The summed E-state index contributed by atoms with van der Waals surface area (Å²) in [5.74, 6) is 6.96. The summed E-state index contributed by atoms with van der Waals surface area (Å²) in [5.41, 5.74) is 2.03. The predicted octanol–water partition coefficient (Wildman–Crippen LogP) is 2.41. The fourth-order valence-electron chi connectivity index (χ4n) is 1.93. The molecule has 0 atom stereocenters. The van der Waals surface area contributed by atoms with E-state index in [1.807, 2.05) is 38.1 Å². The average molecular weight is 319 g/mol. The Kier molecular flexibility index (Phi) is 5.43. The number of rotatable bonds is 6. The van der Waals surface area contributed by atoms with Crippen molar-refractivity contribution in [2.45, 2.75) is 38.3 Å². The molecule has 0 radical (unpaired) electrons. The Bertz CT molecular complexity index is 636. The van der Waals surface area contributed by atoms with Crippen LogP contribution in [0, 0.1) is 0 Å². The van der Waals surface area contributed by atoms with E-state index >= 15 is 0 Å². The van der Waals surface area contributed by atoms with Crippen molar-refractivity contribution in [3.63, 3.8) is 0 Å². The minimum Gasteiger partial charge on any atom is -0.336 e. The van der Waals surface area contributed by atoms with Gasteiger partial charge in [0.15, 0.2) is 5.82 Å². The number of nitrogens with one attached hydrogen (secondary N) is 1. The number of aryl methyl sites for hydroxylation is 1. The van der Waals surface area contributed by atoms with Gasteiger partial charge < -0.3 is 11.2 Å². The fraction of sp³-hybridized carbons (Fsp3) is 0.400. The number of carbonyl (C=O) groups is 1. The van der Waals surface area contributed by atoms with Gasteiger partial charge in [0.2, 0.25) is 11.1 Å². The van der Waals surface area contributed by atoms with Crippen LogP contribution in [0.5, 0.6) is 0 Å². The number of amides is 1. The van der Waals surface area contributed by atoms with Crippen molar-refractivity contribution in [2.75, 3.05) is 16.9 Å². The number of benzene rings is 1. The normalized spacial score (nSPS) is 10.9. The molecule has 0 spiro atoms. The van der Waals surface area contributed by atoms with E-state index in [0.717, 1.165) is 12.1 Å². The molecule has 2 aromatic rings. The van der Waals surface area contributed by atoms with Gasteiger partial charge >= 0.3 is 0 Å². The Morgan fingerprint density at radius 2 is 2.00 bits per heavy atom. The van der Waals surface area contributed by atoms with Crippen LogP contribution in [0.4, 0.5) is 5.69 Å². The van der Waals surface area contributed by atoms with Crippen molar-refractivity contribution >= 4 is 23.4 Å². The van der Waals surface area contributed by atoms with Crippen molar-refractivity contribution in [1.82, 2.24) is 14.9 Å². The van der Waals surface area contributed by atoms with E-state index in [1.165, 1.54) is 22.0 Å². The summed E-state index contributed by atoms with van der Waals surface area (Å²) < 4.78 is 1.44. The Labute approximate surface area is 134 Å². The molecule has 7 heteroatoms. The number of hydrogen-bond acceptors (Lipinski definition) is 5. The van der Waals surface area contributed by atoms with Crippen LogP contribution in [0.1, 0.15) is 38.1 Å². The number of thioether (sulfide) groups is 1. The summed E-state index contributed by atoms with van der Waals surface area (Å²) >= 11 is 1.27. The maximum Gasteiger partial charge on any atom is 0.234 e. The zero-order valence-corrected chi connectivity index (χ0v) is 13.9. The van der Waals surface area contributed by atoms with Crippen LogP contribution in [-0.4, -0.2) is 26.5 Å². The van der Waals surface area contributed by atoms with Crippen molar-refractivity contribution < 1.29 is 4.79 Å². The Hall–Kier alpha value is -2.02. The van der Waals surface area contributed by atoms with Gasteiger partial charge in [-0.05, 0) is 24.1 Å². The van der Waals surface area contributed by atoms with Gasteiger partial charge in [0.25, 0.3) is 0 Å². The van der Waals surface area contributed by atoms with Gasteiger partial charge in [0.05, 0.1) is 5.75 Å². The van der Waals surface area contributed by atoms with E-state index in [-0.39, 0.29) is 17.6 Å². The first-order chi connectivity index (χ1) is 10.5. The monoisotopic (exact) mass is 319 g/mol. The molecule has 1 aromatic heterocycles. The molecule has 2 rings (SSSR count). The van der Waals surface area contributed by atoms with Gasteiger partial charge in [0, 0.05) is 11.6 Å². The molecule has 0 aliphatic carbocycles. The SMILES string of the molecule is CCc1ccc(NC(=O)CSc2nnc(C(C)C)n2N)cc1. The molecule has 1 heterocycles. The van der Waals surface area contributed by atoms with Crippen LogP contribution >= 0.6 is 11.8 Å². The minimum absolute atomic E-state index is 0.0941. The fourth-order valence-corrected chi connectivity index (χ4v) is 2.59. The second-order valence-electron chi connectivity index (χ2n) is 5.25. The molecule has 0 fully saturated rings. The smallest absolute Gasteiger partial charge is 0.234 e. The number of aromatic nitrogens is 3. The first kappa shape index (κ1) is 16.4. The van der Waals surface area contributed by atoms with Gasteiger partial charge in [-0.2, -0.15) is 0 Å². The van der Waals surface area contributed by atoms with Crippen LogP contribution in [0.2, 0.25) is 0 Å². The highest BCUT2D eigenvalue weighted by molar-refractivity contribution is 7.99. The third-order valence-corrected chi connectivity index (χ3v) is 4.13.